The Bertz CT molecular complexity index is 502. The van der Waals surface area contributed by atoms with Crippen LogP contribution in [0.3, 0.4) is 0 Å². The second kappa shape index (κ2) is 5.41. The van der Waals surface area contributed by atoms with Crippen LogP contribution in [0.25, 0.3) is 0 Å². The highest BCUT2D eigenvalue weighted by Crippen LogP contribution is 2.22. The van der Waals surface area contributed by atoms with Crippen molar-refractivity contribution in [3.05, 3.63) is 54.0 Å². The predicted molar refractivity (Wildman–Crippen MR) is 63.5 cm³/mol. The number of hydrogen-bond donors (Lipinski definition) is 1. The van der Waals surface area contributed by atoms with Gasteiger partial charge >= 0.3 is 0 Å². The summed E-state index contributed by atoms with van der Waals surface area (Å²) in [5, 5.41) is 2.99. The summed E-state index contributed by atoms with van der Waals surface area (Å²) in [6.45, 7) is 0.647. The molecule has 0 aliphatic rings. The number of para-hydroxylation sites is 1. The van der Waals surface area contributed by atoms with E-state index in [9.17, 15) is 4.39 Å². The van der Waals surface area contributed by atoms with Gasteiger partial charge in [-0.05, 0) is 25.2 Å². The van der Waals surface area contributed by atoms with E-state index in [-0.39, 0.29) is 5.75 Å². The van der Waals surface area contributed by atoms with Crippen LogP contribution in [0.2, 0.25) is 0 Å². The van der Waals surface area contributed by atoms with Crippen LogP contribution in [0.1, 0.15) is 5.69 Å². The lowest BCUT2D eigenvalue weighted by atomic mass is 10.3. The van der Waals surface area contributed by atoms with Crippen molar-refractivity contribution in [2.75, 3.05) is 7.05 Å². The van der Waals surface area contributed by atoms with Crippen molar-refractivity contribution in [2.24, 2.45) is 0 Å². The maximum atomic E-state index is 13.4. The molecule has 1 aromatic heterocycles. The molecule has 17 heavy (non-hydrogen) atoms. The van der Waals surface area contributed by atoms with Crippen LogP contribution in [-0.4, -0.2) is 12.0 Å². The third-order valence-electron chi connectivity index (χ3n) is 2.19. The minimum Gasteiger partial charge on any atom is -0.436 e. The van der Waals surface area contributed by atoms with E-state index in [0.29, 0.717) is 12.4 Å². The van der Waals surface area contributed by atoms with Crippen molar-refractivity contribution in [3.8, 4) is 11.6 Å². The van der Waals surface area contributed by atoms with Gasteiger partial charge in [-0.25, -0.2) is 9.37 Å². The van der Waals surface area contributed by atoms with E-state index in [0.717, 1.165) is 5.69 Å². The molecule has 2 aromatic rings. The Morgan fingerprint density at radius 3 is 2.76 bits per heavy atom. The maximum Gasteiger partial charge on any atom is 0.219 e. The van der Waals surface area contributed by atoms with Gasteiger partial charge in [-0.3, -0.25) is 0 Å². The number of halogens is 1. The minimum atomic E-state index is -0.395. The van der Waals surface area contributed by atoms with Crippen molar-refractivity contribution < 1.29 is 9.13 Å². The van der Waals surface area contributed by atoms with Crippen molar-refractivity contribution in [1.82, 2.24) is 10.3 Å². The molecular formula is C13H13FN2O. The zero-order valence-electron chi connectivity index (χ0n) is 9.48. The first-order valence-electron chi connectivity index (χ1n) is 5.32. The number of benzene rings is 1. The van der Waals surface area contributed by atoms with Gasteiger partial charge in [0.15, 0.2) is 11.6 Å². The molecule has 0 radical (unpaired) electrons. The van der Waals surface area contributed by atoms with E-state index >= 15 is 0 Å². The fourth-order valence-electron chi connectivity index (χ4n) is 1.43. The SMILES string of the molecule is CNCc1cccc(Oc2ccccc2F)n1. The molecule has 0 fully saturated rings. The van der Waals surface area contributed by atoms with Crippen LogP contribution in [0.15, 0.2) is 42.5 Å². The molecular weight excluding hydrogens is 219 g/mol. The zero-order chi connectivity index (χ0) is 12.1. The Labute approximate surface area is 99.3 Å². The van der Waals surface area contributed by atoms with Crippen LogP contribution < -0.4 is 10.1 Å². The Morgan fingerprint density at radius 2 is 2.00 bits per heavy atom. The molecule has 0 aliphatic heterocycles. The summed E-state index contributed by atoms with van der Waals surface area (Å²) in [5.41, 5.74) is 0.848. The molecule has 88 valence electrons. The highest BCUT2D eigenvalue weighted by molar-refractivity contribution is 5.28. The van der Waals surface area contributed by atoms with Crippen LogP contribution >= 0.6 is 0 Å². The summed E-state index contributed by atoms with van der Waals surface area (Å²) in [6, 6.07) is 11.7. The first-order chi connectivity index (χ1) is 8.29. The smallest absolute Gasteiger partial charge is 0.219 e. The summed E-state index contributed by atoms with van der Waals surface area (Å²) in [6.07, 6.45) is 0. The molecule has 0 saturated carbocycles. The lowest BCUT2D eigenvalue weighted by molar-refractivity contribution is 0.425. The van der Waals surface area contributed by atoms with E-state index < -0.39 is 5.82 Å². The zero-order valence-corrected chi connectivity index (χ0v) is 9.48. The normalized spacial score (nSPS) is 10.2. The van der Waals surface area contributed by atoms with Gasteiger partial charge in [0, 0.05) is 12.6 Å². The highest BCUT2D eigenvalue weighted by Gasteiger charge is 2.04. The second-order valence-corrected chi connectivity index (χ2v) is 3.53. The van der Waals surface area contributed by atoms with Gasteiger partial charge < -0.3 is 10.1 Å². The fourth-order valence-corrected chi connectivity index (χ4v) is 1.43. The van der Waals surface area contributed by atoms with Gasteiger partial charge in [-0.2, -0.15) is 0 Å². The minimum absolute atomic E-state index is 0.182. The fraction of sp³-hybridized carbons (Fsp3) is 0.154. The predicted octanol–water partition coefficient (Wildman–Crippen LogP) is 2.73. The number of ether oxygens (including phenoxy) is 1. The van der Waals surface area contributed by atoms with Gasteiger partial charge in [0.1, 0.15) is 0 Å². The number of pyridine rings is 1. The van der Waals surface area contributed by atoms with Gasteiger partial charge in [-0.15, -0.1) is 0 Å². The van der Waals surface area contributed by atoms with Gasteiger partial charge in [0.25, 0.3) is 0 Å². The number of nitrogens with one attached hydrogen (secondary N) is 1. The van der Waals surface area contributed by atoms with E-state index in [4.69, 9.17) is 4.74 Å². The topological polar surface area (TPSA) is 34.1 Å². The molecule has 0 amide bonds. The summed E-state index contributed by atoms with van der Waals surface area (Å²) in [4.78, 5) is 4.25. The largest absolute Gasteiger partial charge is 0.436 e. The van der Waals surface area contributed by atoms with E-state index in [2.05, 4.69) is 10.3 Å². The Balaban J connectivity index is 2.18. The molecule has 1 aromatic carbocycles. The highest BCUT2D eigenvalue weighted by atomic mass is 19.1. The summed E-state index contributed by atoms with van der Waals surface area (Å²) in [5.74, 6) is 0.178. The number of hydrogen-bond acceptors (Lipinski definition) is 3. The molecule has 1 N–H and O–H groups in total. The second-order valence-electron chi connectivity index (χ2n) is 3.53. The van der Waals surface area contributed by atoms with Crippen LogP contribution in [0, 0.1) is 5.82 Å². The Morgan fingerprint density at radius 1 is 1.18 bits per heavy atom. The van der Waals surface area contributed by atoms with Crippen LogP contribution in [0.5, 0.6) is 11.6 Å². The van der Waals surface area contributed by atoms with Gasteiger partial charge in [0.05, 0.1) is 5.69 Å². The first-order valence-corrected chi connectivity index (χ1v) is 5.32. The first kappa shape index (κ1) is 11.5. The molecule has 1 heterocycles. The molecule has 0 atom stereocenters. The van der Waals surface area contributed by atoms with Crippen LogP contribution in [-0.2, 0) is 6.54 Å². The third-order valence-corrected chi connectivity index (χ3v) is 2.19. The molecule has 3 nitrogen and oxygen atoms in total. The van der Waals surface area contributed by atoms with Crippen molar-refractivity contribution >= 4 is 0 Å². The molecule has 0 bridgehead atoms. The number of rotatable bonds is 4. The number of nitrogens with zero attached hydrogens (tertiary/aromatic N) is 1. The summed E-state index contributed by atoms with van der Waals surface area (Å²) < 4.78 is 18.7. The maximum absolute atomic E-state index is 13.4. The standard InChI is InChI=1S/C13H13FN2O/c1-15-9-10-5-4-8-13(16-10)17-12-7-3-2-6-11(12)14/h2-8,15H,9H2,1H3. The van der Waals surface area contributed by atoms with Crippen LogP contribution in [0.4, 0.5) is 4.39 Å². The van der Waals surface area contributed by atoms with Gasteiger partial charge in [0.2, 0.25) is 5.88 Å². The molecule has 4 heteroatoms. The summed E-state index contributed by atoms with van der Waals surface area (Å²) in [7, 11) is 1.84. The molecule has 0 aliphatic carbocycles. The Hall–Kier alpha value is -1.94. The molecule has 0 spiro atoms. The Kier molecular flexibility index (Phi) is 3.67. The quantitative estimate of drug-likeness (QED) is 0.880. The third kappa shape index (κ3) is 3.01. The van der Waals surface area contributed by atoms with Crippen molar-refractivity contribution in [2.45, 2.75) is 6.54 Å². The van der Waals surface area contributed by atoms with E-state index in [1.807, 2.05) is 19.2 Å². The lowest BCUT2D eigenvalue weighted by Gasteiger charge is -2.06. The lowest BCUT2D eigenvalue weighted by Crippen LogP contribution is -2.07. The van der Waals surface area contributed by atoms with E-state index in [1.165, 1.54) is 6.07 Å². The van der Waals surface area contributed by atoms with Crippen molar-refractivity contribution in [1.29, 1.82) is 0 Å². The summed E-state index contributed by atoms with van der Waals surface area (Å²) >= 11 is 0. The van der Waals surface area contributed by atoms with Gasteiger partial charge in [-0.1, -0.05) is 18.2 Å². The monoisotopic (exact) mass is 232 g/mol. The molecule has 2 rings (SSSR count). The van der Waals surface area contributed by atoms with Crippen molar-refractivity contribution in [3.63, 3.8) is 0 Å². The number of aromatic nitrogens is 1. The van der Waals surface area contributed by atoms with E-state index in [1.54, 1.807) is 24.3 Å². The average molecular weight is 232 g/mol. The molecule has 0 unspecified atom stereocenters. The average Bonchev–Trinajstić information content (AvgIpc) is 2.33. The molecule has 0 saturated heterocycles.